The number of unbranched alkanes of at least 4 members (excludes halogenated alkanes) is 4. The Labute approximate surface area is 125 Å². The Hall–Kier alpha value is -0.800. The van der Waals surface area contributed by atoms with Crippen LogP contribution < -0.4 is 5.32 Å². The van der Waals surface area contributed by atoms with Gasteiger partial charge < -0.3 is 10.4 Å². The van der Waals surface area contributed by atoms with Gasteiger partial charge in [-0.05, 0) is 26.2 Å². The Morgan fingerprint density at radius 3 is 2.60 bits per heavy atom. The third-order valence-corrected chi connectivity index (χ3v) is 4.46. The van der Waals surface area contributed by atoms with Gasteiger partial charge in [-0.25, -0.2) is 0 Å². The van der Waals surface area contributed by atoms with Crippen LogP contribution in [0.4, 0.5) is 0 Å². The van der Waals surface area contributed by atoms with Crippen LogP contribution in [0.5, 0.6) is 0 Å². The maximum absolute atomic E-state index is 10.1. The van der Waals surface area contributed by atoms with E-state index in [2.05, 4.69) is 37.5 Å². The third kappa shape index (κ3) is 4.64. The summed E-state index contributed by atoms with van der Waals surface area (Å²) in [6.45, 7) is 7.20. The van der Waals surface area contributed by atoms with Crippen LogP contribution in [0.2, 0.25) is 0 Å². The number of nitrogens with one attached hydrogen (secondary N) is 1. The standard InChI is InChI=1S/C17H33N2O/c1-4-6-7-8-9-10-11-12-13-17-18-14-15-19(17,5-2)16(3)20/h10-11,14-18,20H,4-9,12-13H2,1-3H3/q+1/b11-10+. The van der Waals surface area contributed by atoms with Crippen molar-refractivity contribution in [1.29, 1.82) is 0 Å². The van der Waals surface area contributed by atoms with Crippen LogP contribution in [0, 0.1) is 0 Å². The first-order chi connectivity index (χ1) is 9.67. The highest BCUT2D eigenvalue weighted by molar-refractivity contribution is 4.88. The molecule has 0 bridgehead atoms. The molecule has 3 heteroatoms. The highest BCUT2D eigenvalue weighted by Gasteiger charge is 2.40. The first kappa shape index (κ1) is 17.3. The van der Waals surface area contributed by atoms with Crippen molar-refractivity contribution in [2.75, 3.05) is 6.54 Å². The number of allylic oxidation sites excluding steroid dienone is 2. The zero-order valence-electron chi connectivity index (χ0n) is 13.5. The molecule has 0 spiro atoms. The van der Waals surface area contributed by atoms with Crippen LogP contribution in [0.1, 0.15) is 65.7 Å². The highest BCUT2D eigenvalue weighted by atomic mass is 16.3. The smallest absolute Gasteiger partial charge is 0.193 e. The van der Waals surface area contributed by atoms with E-state index in [1.165, 1.54) is 32.1 Å². The van der Waals surface area contributed by atoms with Gasteiger partial charge in [0.25, 0.3) is 0 Å². The second kappa shape index (κ2) is 9.19. The Kier molecular flexibility index (Phi) is 7.93. The maximum Gasteiger partial charge on any atom is 0.193 e. The zero-order valence-corrected chi connectivity index (χ0v) is 13.5. The van der Waals surface area contributed by atoms with Crippen molar-refractivity contribution in [2.24, 2.45) is 0 Å². The van der Waals surface area contributed by atoms with Crippen LogP contribution in [-0.2, 0) is 0 Å². The molecule has 0 radical (unpaired) electrons. The lowest BCUT2D eigenvalue weighted by Crippen LogP contribution is -2.57. The largest absolute Gasteiger partial charge is 0.345 e. The minimum absolute atomic E-state index is 0.310. The highest BCUT2D eigenvalue weighted by Crippen LogP contribution is 2.25. The van der Waals surface area contributed by atoms with Gasteiger partial charge in [-0.15, -0.1) is 0 Å². The van der Waals surface area contributed by atoms with E-state index in [1.807, 2.05) is 13.1 Å². The quantitative estimate of drug-likeness (QED) is 0.362. The predicted molar refractivity (Wildman–Crippen MR) is 85.7 cm³/mol. The van der Waals surface area contributed by atoms with Gasteiger partial charge in [0.05, 0.1) is 12.7 Å². The summed E-state index contributed by atoms with van der Waals surface area (Å²) in [4.78, 5) is 0. The molecule has 20 heavy (non-hydrogen) atoms. The van der Waals surface area contributed by atoms with Crippen LogP contribution in [0.3, 0.4) is 0 Å². The lowest BCUT2D eigenvalue weighted by molar-refractivity contribution is -0.942. The molecule has 0 saturated heterocycles. The number of quaternary nitrogens is 1. The van der Waals surface area contributed by atoms with Crippen molar-refractivity contribution >= 4 is 0 Å². The van der Waals surface area contributed by atoms with Gasteiger partial charge in [0.2, 0.25) is 0 Å². The fourth-order valence-electron chi connectivity index (χ4n) is 3.01. The summed E-state index contributed by atoms with van der Waals surface area (Å²) in [5.41, 5.74) is 0. The molecule has 1 aliphatic rings. The summed E-state index contributed by atoms with van der Waals surface area (Å²) in [6, 6.07) is 0. The molecular weight excluding hydrogens is 248 g/mol. The van der Waals surface area contributed by atoms with E-state index in [1.54, 1.807) is 0 Å². The molecule has 0 aromatic carbocycles. The molecule has 3 nitrogen and oxygen atoms in total. The van der Waals surface area contributed by atoms with E-state index in [0.29, 0.717) is 10.6 Å². The molecule has 0 aromatic heterocycles. The summed E-state index contributed by atoms with van der Waals surface area (Å²) in [5, 5.41) is 13.5. The Morgan fingerprint density at radius 2 is 1.95 bits per heavy atom. The molecule has 2 N–H and O–H groups in total. The first-order valence-corrected chi connectivity index (χ1v) is 8.31. The second-order valence-electron chi connectivity index (χ2n) is 5.84. The lowest BCUT2D eigenvalue weighted by atomic mass is 10.1. The van der Waals surface area contributed by atoms with Gasteiger partial charge >= 0.3 is 0 Å². The number of aliphatic hydroxyl groups excluding tert-OH is 1. The maximum atomic E-state index is 10.1. The number of nitrogens with zero attached hydrogens (tertiary/aromatic N) is 1. The van der Waals surface area contributed by atoms with Crippen LogP contribution in [0.15, 0.2) is 24.6 Å². The van der Waals surface area contributed by atoms with E-state index in [9.17, 15) is 5.11 Å². The first-order valence-electron chi connectivity index (χ1n) is 8.31. The number of aliphatic hydroxyl groups is 1. The molecule has 3 unspecified atom stereocenters. The van der Waals surface area contributed by atoms with E-state index < -0.39 is 0 Å². The van der Waals surface area contributed by atoms with Gasteiger partial charge in [-0.2, -0.15) is 0 Å². The normalized spacial score (nSPS) is 27.1. The van der Waals surface area contributed by atoms with Crippen molar-refractivity contribution in [1.82, 2.24) is 5.32 Å². The fraction of sp³-hybridized carbons (Fsp3) is 0.765. The molecule has 0 amide bonds. The predicted octanol–water partition coefficient (Wildman–Crippen LogP) is 3.87. The average molecular weight is 281 g/mol. The molecule has 3 atom stereocenters. The van der Waals surface area contributed by atoms with Gasteiger partial charge in [0, 0.05) is 13.3 Å². The summed E-state index contributed by atoms with van der Waals surface area (Å²) in [5.74, 6) is 0. The summed E-state index contributed by atoms with van der Waals surface area (Å²) >= 11 is 0. The molecular formula is C17H33N2O+. The van der Waals surface area contributed by atoms with E-state index >= 15 is 0 Å². The third-order valence-electron chi connectivity index (χ3n) is 4.46. The van der Waals surface area contributed by atoms with E-state index in [-0.39, 0.29) is 6.23 Å². The van der Waals surface area contributed by atoms with Crippen molar-refractivity contribution in [3.63, 3.8) is 0 Å². The molecule has 0 saturated carbocycles. The Morgan fingerprint density at radius 1 is 1.20 bits per heavy atom. The Balaban J connectivity index is 2.26. The molecule has 1 heterocycles. The van der Waals surface area contributed by atoms with Crippen molar-refractivity contribution < 1.29 is 9.59 Å². The SMILES string of the molecule is CCCCCC/C=C/CCC1NC=C[N+]1(CC)C(C)O. The fourth-order valence-corrected chi connectivity index (χ4v) is 3.01. The molecule has 0 aromatic rings. The number of rotatable bonds is 10. The summed E-state index contributed by atoms with van der Waals surface area (Å²) in [7, 11) is 0. The van der Waals surface area contributed by atoms with Gasteiger partial charge in [-0.1, -0.05) is 38.3 Å². The minimum Gasteiger partial charge on any atom is -0.345 e. The summed E-state index contributed by atoms with van der Waals surface area (Å²) in [6.07, 6.45) is 17.4. The number of hydrogen-bond acceptors (Lipinski definition) is 2. The molecule has 0 fully saturated rings. The zero-order chi connectivity index (χ0) is 14.8. The summed E-state index contributed by atoms with van der Waals surface area (Å²) < 4.78 is 0.643. The Bertz CT molecular complexity index is 312. The second-order valence-corrected chi connectivity index (χ2v) is 5.84. The molecule has 1 aliphatic heterocycles. The van der Waals surface area contributed by atoms with Gasteiger partial charge in [0.1, 0.15) is 6.20 Å². The van der Waals surface area contributed by atoms with Crippen LogP contribution >= 0.6 is 0 Å². The van der Waals surface area contributed by atoms with E-state index in [4.69, 9.17) is 0 Å². The lowest BCUT2D eigenvalue weighted by Gasteiger charge is -2.39. The average Bonchev–Trinajstić information content (AvgIpc) is 2.86. The number of hydrogen-bond donors (Lipinski definition) is 2. The van der Waals surface area contributed by atoms with Crippen LogP contribution in [0.25, 0.3) is 0 Å². The van der Waals surface area contributed by atoms with Crippen molar-refractivity contribution in [3.8, 4) is 0 Å². The topological polar surface area (TPSA) is 32.3 Å². The van der Waals surface area contributed by atoms with Crippen LogP contribution in [-0.4, -0.2) is 28.5 Å². The molecule has 0 aliphatic carbocycles. The van der Waals surface area contributed by atoms with E-state index in [0.717, 1.165) is 19.4 Å². The monoisotopic (exact) mass is 281 g/mol. The molecule has 1 rings (SSSR count). The molecule has 116 valence electrons. The van der Waals surface area contributed by atoms with Crippen molar-refractivity contribution in [2.45, 2.75) is 78.1 Å². The van der Waals surface area contributed by atoms with Crippen molar-refractivity contribution in [3.05, 3.63) is 24.6 Å². The van der Waals surface area contributed by atoms with Gasteiger partial charge in [-0.3, -0.25) is 4.48 Å². The minimum atomic E-state index is -0.353. The van der Waals surface area contributed by atoms with Gasteiger partial charge in [0.15, 0.2) is 12.4 Å².